The Morgan fingerprint density at radius 2 is 2.26 bits per heavy atom. The van der Waals surface area contributed by atoms with Crippen LogP contribution in [0.25, 0.3) is 0 Å². The van der Waals surface area contributed by atoms with Crippen LogP contribution in [0.3, 0.4) is 0 Å². The summed E-state index contributed by atoms with van der Waals surface area (Å²) >= 11 is 3.46. The monoisotopic (exact) mass is 329 g/mol. The second-order valence-corrected chi connectivity index (χ2v) is 5.23. The quantitative estimate of drug-likeness (QED) is 0.769. The molecule has 5 heteroatoms. The van der Waals surface area contributed by atoms with Gasteiger partial charge in [0.15, 0.2) is 0 Å². The van der Waals surface area contributed by atoms with E-state index in [1.807, 2.05) is 18.2 Å². The van der Waals surface area contributed by atoms with Crippen LogP contribution in [-0.4, -0.2) is 24.2 Å². The molecule has 4 nitrogen and oxygen atoms in total. The second-order valence-electron chi connectivity index (χ2n) is 4.37. The van der Waals surface area contributed by atoms with Crippen molar-refractivity contribution >= 4 is 21.9 Å². The molecule has 0 saturated heterocycles. The molecule has 0 amide bonds. The Morgan fingerprint density at radius 3 is 2.79 bits per heavy atom. The lowest BCUT2D eigenvalue weighted by Gasteiger charge is -2.15. The Balaban J connectivity index is 2.61. The van der Waals surface area contributed by atoms with E-state index in [0.717, 1.165) is 28.6 Å². The number of ether oxygens (including phenoxy) is 1. The number of methoxy groups -OCH3 is 1. The highest BCUT2D eigenvalue weighted by Crippen LogP contribution is 2.23. The summed E-state index contributed by atoms with van der Waals surface area (Å²) in [7, 11) is 1.62. The van der Waals surface area contributed by atoms with E-state index in [9.17, 15) is 4.79 Å². The average molecular weight is 330 g/mol. The standard InChI is InChI=1S/C14H20BrNO3/c1-3-4-5-13(14(17)18)16-9-10-6-7-11(19-2)8-12(10)15/h6-8,13,16H,3-5,9H2,1-2H3,(H,17,18). The maximum absolute atomic E-state index is 11.1. The van der Waals surface area contributed by atoms with Gasteiger partial charge >= 0.3 is 5.97 Å². The topological polar surface area (TPSA) is 58.6 Å². The first-order valence-corrected chi connectivity index (χ1v) is 7.16. The van der Waals surface area contributed by atoms with Gasteiger partial charge < -0.3 is 15.2 Å². The number of benzene rings is 1. The largest absolute Gasteiger partial charge is 0.497 e. The van der Waals surface area contributed by atoms with Crippen LogP contribution in [0.2, 0.25) is 0 Å². The fourth-order valence-corrected chi connectivity index (χ4v) is 2.25. The summed E-state index contributed by atoms with van der Waals surface area (Å²) in [6, 6.07) is 5.17. The molecule has 0 fully saturated rings. The van der Waals surface area contributed by atoms with Crippen molar-refractivity contribution in [3.63, 3.8) is 0 Å². The number of carbonyl (C=O) groups is 1. The van der Waals surface area contributed by atoms with Crippen LogP contribution in [0.1, 0.15) is 31.7 Å². The summed E-state index contributed by atoms with van der Waals surface area (Å²) in [5.41, 5.74) is 1.02. The van der Waals surface area contributed by atoms with Crippen molar-refractivity contribution in [3.05, 3.63) is 28.2 Å². The zero-order chi connectivity index (χ0) is 14.3. The van der Waals surface area contributed by atoms with Crippen molar-refractivity contribution in [1.82, 2.24) is 5.32 Å². The highest BCUT2D eigenvalue weighted by molar-refractivity contribution is 9.10. The van der Waals surface area contributed by atoms with Crippen molar-refractivity contribution in [2.75, 3.05) is 7.11 Å². The number of carboxylic acid groups (broad SMARTS) is 1. The van der Waals surface area contributed by atoms with Gasteiger partial charge in [0, 0.05) is 11.0 Å². The number of unbranched alkanes of at least 4 members (excludes halogenated alkanes) is 1. The molecule has 0 spiro atoms. The highest BCUT2D eigenvalue weighted by atomic mass is 79.9. The fourth-order valence-electron chi connectivity index (χ4n) is 1.75. The van der Waals surface area contributed by atoms with Gasteiger partial charge in [-0.3, -0.25) is 4.79 Å². The smallest absolute Gasteiger partial charge is 0.320 e. The Labute approximate surface area is 122 Å². The molecule has 106 valence electrons. The predicted molar refractivity (Wildman–Crippen MR) is 78.5 cm³/mol. The number of rotatable bonds is 8. The van der Waals surface area contributed by atoms with E-state index in [2.05, 4.69) is 28.2 Å². The Hall–Kier alpha value is -1.07. The van der Waals surface area contributed by atoms with E-state index in [1.54, 1.807) is 7.11 Å². The molecule has 0 heterocycles. The third-order valence-electron chi connectivity index (χ3n) is 2.94. The van der Waals surface area contributed by atoms with Crippen molar-refractivity contribution in [2.24, 2.45) is 0 Å². The molecule has 0 saturated carbocycles. The van der Waals surface area contributed by atoms with Gasteiger partial charge in [-0.15, -0.1) is 0 Å². The number of hydrogen-bond donors (Lipinski definition) is 2. The summed E-state index contributed by atoms with van der Waals surface area (Å²) in [5.74, 6) is -0.0190. The van der Waals surface area contributed by atoms with Gasteiger partial charge in [-0.05, 0) is 24.1 Å². The molecule has 0 aromatic heterocycles. The molecular weight excluding hydrogens is 310 g/mol. The number of hydrogen-bond acceptors (Lipinski definition) is 3. The minimum atomic E-state index is -0.793. The zero-order valence-corrected chi connectivity index (χ0v) is 12.9. The van der Waals surface area contributed by atoms with Gasteiger partial charge in [0.25, 0.3) is 0 Å². The summed E-state index contributed by atoms with van der Waals surface area (Å²) in [4.78, 5) is 11.1. The van der Waals surface area contributed by atoms with E-state index >= 15 is 0 Å². The predicted octanol–water partition coefficient (Wildman–Crippen LogP) is 3.19. The van der Waals surface area contributed by atoms with E-state index in [-0.39, 0.29) is 0 Å². The van der Waals surface area contributed by atoms with Gasteiger partial charge in [-0.1, -0.05) is 41.8 Å². The molecule has 1 rings (SSSR count). The minimum absolute atomic E-state index is 0.492. The van der Waals surface area contributed by atoms with Gasteiger partial charge in [-0.2, -0.15) is 0 Å². The first-order chi connectivity index (χ1) is 9.08. The lowest BCUT2D eigenvalue weighted by atomic mass is 10.1. The van der Waals surface area contributed by atoms with Crippen LogP contribution in [-0.2, 0) is 11.3 Å². The van der Waals surface area contributed by atoms with Crippen LogP contribution in [0.15, 0.2) is 22.7 Å². The van der Waals surface area contributed by atoms with Gasteiger partial charge in [0.2, 0.25) is 0 Å². The van der Waals surface area contributed by atoms with Crippen LogP contribution in [0, 0.1) is 0 Å². The molecule has 0 bridgehead atoms. The third kappa shape index (κ3) is 5.20. The molecule has 0 aliphatic carbocycles. The molecule has 0 aliphatic heterocycles. The summed E-state index contributed by atoms with van der Waals surface area (Å²) in [6.07, 6.45) is 2.56. The van der Waals surface area contributed by atoms with E-state index in [4.69, 9.17) is 9.84 Å². The minimum Gasteiger partial charge on any atom is -0.497 e. The zero-order valence-electron chi connectivity index (χ0n) is 11.3. The van der Waals surface area contributed by atoms with Crippen molar-refractivity contribution in [3.8, 4) is 5.75 Å². The first kappa shape index (κ1) is 16.0. The highest BCUT2D eigenvalue weighted by Gasteiger charge is 2.16. The van der Waals surface area contributed by atoms with Gasteiger partial charge in [0.1, 0.15) is 11.8 Å². The maximum atomic E-state index is 11.1. The fraction of sp³-hybridized carbons (Fsp3) is 0.500. The van der Waals surface area contributed by atoms with Gasteiger partial charge in [-0.25, -0.2) is 0 Å². The molecule has 19 heavy (non-hydrogen) atoms. The number of carboxylic acids is 1. The van der Waals surface area contributed by atoms with Gasteiger partial charge in [0.05, 0.1) is 7.11 Å². The van der Waals surface area contributed by atoms with Crippen LogP contribution in [0.4, 0.5) is 0 Å². The molecule has 1 aromatic rings. The first-order valence-electron chi connectivity index (χ1n) is 6.37. The number of halogens is 1. The Bertz CT molecular complexity index is 423. The van der Waals surface area contributed by atoms with Crippen LogP contribution in [0.5, 0.6) is 5.75 Å². The molecule has 1 aromatic carbocycles. The van der Waals surface area contributed by atoms with E-state index in [0.29, 0.717) is 13.0 Å². The van der Waals surface area contributed by atoms with Crippen molar-refractivity contribution < 1.29 is 14.6 Å². The van der Waals surface area contributed by atoms with E-state index < -0.39 is 12.0 Å². The molecule has 0 aliphatic rings. The summed E-state index contributed by atoms with van der Waals surface area (Å²) in [5, 5.41) is 12.2. The number of aliphatic carboxylic acids is 1. The summed E-state index contributed by atoms with van der Waals surface area (Å²) in [6.45, 7) is 2.57. The Morgan fingerprint density at radius 1 is 1.53 bits per heavy atom. The van der Waals surface area contributed by atoms with Crippen molar-refractivity contribution in [1.29, 1.82) is 0 Å². The maximum Gasteiger partial charge on any atom is 0.320 e. The lowest BCUT2D eigenvalue weighted by Crippen LogP contribution is -2.36. The lowest BCUT2D eigenvalue weighted by molar-refractivity contribution is -0.139. The van der Waals surface area contributed by atoms with Crippen molar-refractivity contribution in [2.45, 2.75) is 38.8 Å². The van der Waals surface area contributed by atoms with Crippen LogP contribution >= 0.6 is 15.9 Å². The normalized spacial score (nSPS) is 12.2. The molecule has 2 N–H and O–H groups in total. The Kier molecular flexibility index (Phi) is 6.87. The SMILES string of the molecule is CCCCC(NCc1ccc(OC)cc1Br)C(=O)O. The van der Waals surface area contributed by atoms with Crippen LogP contribution < -0.4 is 10.1 Å². The second kappa shape index (κ2) is 8.17. The molecule has 0 radical (unpaired) electrons. The molecule has 1 unspecified atom stereocenters. The molecular formula is C14H20BrNO3. The number of nitrogens with one attached hydrogen (secondary N) is 1. The van der Waals surface area contributed by atoms with E-state index in [1.165, 1.54) is 0 Å². The third-order valence-corrected chi connectivity index (χ3v) is 3.68. The summed E-state index contributed by atoms with van der Waals surface area (Å²) < 4.78 is 6.04. The average Bonchev–Trinajstić information content (AvgIpc) is 2.39. The molecule has 1 atom stereocenters.